The molecule has 2 rings (SSSR count). The van der Waals surface area contributed by atoms with Crippen molar-refractivity contribution in [2.24, 2.45) is 10.7 Å². The van der Waals surface area contributed by atoms with Crippen molar-refractivity contribution >= 4 is 21.8 Å². The first-order chi connectivity index (χ1) is 12.1. The van der Waals surface area contributed by atoms with Crippen molar-refractivity contribution in [1.82, 2.24) is 0 Å². The lowest BCUT2D eigenvalue weighted by atomic mass is 10.1. The summed E-state index contributed by atoms with van der Waals surface area (Å²) >= 11 is 3.46. The molecule has 0 amide bonds. The summed E-state index contributed by atoms with van der Waals surface area (Å²) in [6.07, 6.45) is 8.17. The fraction of sp³-hybridized carbons (Fsp3) is 0.0455. The molecule has 0 aliphatic rings. The Morgan fingerprint density at radius 2 is 1.84 bits per heavy atom. The fourth-order valence-electron chi connectivity index (χ4n) is 2.28. The molecule has 0 saturated carbocycles. The number of hydrogen-bond donors (Lipinski definition) is 1. The molecule has 0 spiro atoms. The maximum absolute atomic E-state index is 6.22. The molecule has 0 fully saturated rings. The minimum Gasteiger partial charge on any atom is -0.383 e. The zero-order valence-corrected chi connectivity index (χ0v) is 15.6. The van der Waals surface area contributed by atoms with Gasteiger partial charge < -0.3 is 5.73 Å². The van der Waals surface area contributed by atoms with Crippen LogP contribution in [0, 0.1) is 0 Å². The lowest BCUT2D eigenvalue weighted by Gasteiger charge is -2.07. The van der Waals surface area contributed by atoms with Gasteiger partial charge >= 0.3 is 0 Å². The standard InChI is InChI=1S/C22H21BrN2/c1-3-9-18(4-2)21(15-14-17-10-6-5-7-11-17)25-22(24)19-12-8-13-20(23)16-19/h3-13,15-16H,1-2,14H2,(H2,24,25)/b18-9+,21-15-. The van der Waals surface area contributed by atoms with Crippen LogP contribution < -0.4 is 5.73 Å². The Labute approximate surface area is 157 Å². The minimum absolute atomic E-state index is 0.456. The van der Waals surface area contributed by atoms with Gasteiger partial charge in [-0.15, -0.1) is 0 Å². The molecule has 2 nitrogen and oxygen atoms in total. The first-order valence-electron chi connectivity index (χ1n) is 7.93. The molecule has 0 aliphatic heterocycles. The molecule has 0 atom stereocenters. The lowest BCUT2D eigenvalue weighted by Crippen LogP contribution is -2.13. The third-order valence-corrected chi connectivity index (χ3v) is 4.04. The number of nitrogens with two attached hydrogens (primary N) is 1. The molecule has 0 heterocycles. The summed E-state index contributed by atoms with van der Waals surface area (Å²) in [6, 6.07) is 18.0. The van der Waals surface area contributed by atoms with Gasteiger partial charge in [0.2, 0.25) is 0 Å². The molecular weight excluding hydrogens is 372 g/mol. The highest BCUT2D eigenvalue weighted by Gasteiger charge is 2.04. The summed E-state index contributed by atoms with van der Waals surface area (Å²) < 4.78 is 0.962. The van der Waals surface area contributed by atoms with E-state index in [0.717, 1.165) is 27.7 Å². The summed E-state index contributed by atoms with van der Waals surface area (Å²) in [5.74, 6) is 0.456. The molecule has 25 heavy (non-hydrogen) atoms. The van der Waals surface area contributed by atoms with E-state index >= 15 is 0 Å². The first kappa shape index (κ1) is 18.7. The van der Waals surface area contributed by atoms with E-state index in [9.17, 15) is 0 Å². The van der Waals surface area contributed by atoms with Gasteiger partial charge in [0.05, 0.1) is 5.70 Å². The van der Waals surface area contributed by atoms with Gasteiger partial charge in [0.1, 0.15) is 5.84 Å². The van der Waals surface area contributed by atoms with Gasteiger partial charge in [-0.25, -0.2) is 4.99 Å². The molecule has 2 N–H and O–H groups in total. The molecule has 126 valence electrons. The molecule has 0 aliphatic carbocycles. The molecule has 0 bridgehead atoms. The van der Waals surface area contributed by atoms with Crippen molar-refractivity contribution in [3.8, 4) is 0 Å². The molecule has 0 unspecified atom stereocenters. The Kier molecular flexibility index (Phi) is 7.17. The van der Waals surface area contributed by atoms with Crippen molar-refractivity contribution in [3.05, 3.63) is 119 Å². The zero-order valence-electron chi connectivity index (χ0n) is 14.0. The van der Waals surface area contributed by atoms with Crippen molar-refractivity contribution in [2.75, 3.05) is 0 Å². The van der Waals surface area contributed by atoms with Crippen molar-refractivity contribution in [2.45, 2.75) is 6.42 Å². The Balaban J connectivity index is 2.40. The third kappa shape index (κ3) is 5.73. The Hall–Kier alpha value is -2.65. The predicted molar refractivity (Wildman–Crippen MR) is 112 cm³/mol. The third-order valence-electron chi connectivity index (χ3n) is 3.55. The average Bonchev–Trinajstić information content (AvgIpc) is 2.64. The van der Waals surface area contributed by atoms with Crippen LogP contribution in [-0.2, 0) is 6.42 Å². The molecule has 0 aromatic heterocycles. The van der Waals surface area contributed by atoms with Gasteiger partial charge in [-0.1, -0.05) is 95.9 Å². The van der Waals surface area contributed by atoms with E-state index in [2.05, 4.69) is 52.3 Å². The molecule has 2 aromatic rings. The van der Waals surface area contributed by atoms with E-state index in [-0.39, 0.29) is 0 Å². The summed E-state index contributed by atoms with van der Waals surface area (Å²) in [6.45, 7) is 7.64. The maximum Gasteiger partial charge on any atom is 0.131 e. The summed E-state index contributed by atoms with van der Waals surface area (Å²) in [7, 11) is 0. The monoisotopic (exact) mass is 392 g/mol. The summed E-state index contributed by atoms with van der Waals surface area (Å²) in [4.78, 5) is 4.64. The highest BCUT2D eigenvalue weighted by molar-refractivity contribution is 9.10. The zero-order chi connectivity index (χ0) is 18.1. The van der Waals surface area contributed by atoms with Crippen LogP contribution in [0.25, 0.3) is 0 Å². The molecule has 2 aromatic carbocycles. The van der Waals surface area contributed by atoms with E-state index in [4.69, 9.17) is 5.73 Å². The fourth-order valence-corrected chi connectivity index (χ4v) is 2.68. The van der Waals surface area contributed by atoms with Crippen LogP contribution in [0.3, 0.4) is 0 Å². The molecule has 0 saturated heterocycles. The van der Waals surface area contributed by atoms with Gasteiger partial charge in [0.25, 0.3) is 0 Å². The lowest BCUT2D eigenvalue weighted by molar-refractivity contribution is 1.20. The van der Waals surface area contributed by atoms with Crippen LogP contribution in [0.4, 0.5) is 0 Å². The first-order valence-corrected chi connectivity index (χ1v) is 8.73. The van der Waals surface area contributed by atoms with E-state index in [1.807, 2.05) is 48.5 Å². The van der Waals surface area contributed by atoms with Crippen molar-refractivity contribution < 1.29 is 0 Å². The molecular formula is C22H21BrN2. The van der Waals surface area contributed by atoms with Crippen LogP contribution >= 0.6 is 15.9 Å². The second kappa shape index (κ2) is 9.60. The van der Waals surface area contributed by atoms with Crippen LogP contribution in [0.15, 0.2) is 113 Å². The highest BCUT2D eigenvalue weighted by Crippen LogP contribution is 2.17. The number of hydrogen-bond acceptors (Lipinski definition) is 1. The van der Waals surface area contributed by atoms with E-state index in [1.54, 1.807) is 12.2 Å². The highest BCUT2D eigenvalue weighted by atomic mass is 79.9. The Bertz CT molecular complexity index is 830. The van der Waals surface area contributed by atoms with E-state index < -0.39 is 0 Å². The average molecular weight is 393 g/mol. The number of nitrogens with zero attached hydrogens (tertiary/aromatic N) is 1. The number of allylic oxidation sites excluding steroid dienone is 4. The normalized spacial score (nSPS) is 12.8. The Morgan fingerprint density at radius 1 is 1.08 bits per heavy atom. The van der Waals surface area contributed by atoms with Crippen LogP contribution in [0.2, 0.25) is 0 Å². The SMILES string of the molecule is C=C/C=C(C=C)/C(=C/Cc1ccccc1)N=C(N)c1cccc(Br)c1. The van der Waals surface area contributed by atoms with Gasteiger partial charge in [-0.05, 0) is 29.7 Å². The van der Waals surface area contributed by atoms with Crippen molar-refractivity contribution in [3.63, 3.8) is 0 Å². The van der Waals surface area contributed by atoms with Crippen LogP contribution in [0.1, 0.15) is 11.1 Å². The van der Waals surface area contributed by atoms with E-state index in [0.29, 0.717) is 5.84 Å². The van der Waals surface area contributed by atoms with Crippen LogP contribution in [-0.4, -0.2) is 5.84 Å². The largest absolute Gasteiger partial charge is 0.383 e. The molecule has 0 radical (unpaired) electrons. The second-order valence-electron chi connectivity index (χ2n) is 5.35. The quantitative estimate of drug-likeness (QED) is 0.372. The number of rotatable bonds is 7. The summed E-state index contributed by atoms with van der Waals surface area (Å²) in [5.41, 5.74) is 9.95. The number of halogens is 1. The smallest absolute Gasteiger partial charge is 0.131 e. The van der Waals surface area contributed by atoms with E-state index in [1.165, 1.54) is 5.56 Å². The van der Waals surface area contributed by atoms with Gasteiger partial charge in [0.15, 0.2) is 0 Å². The topological polar surface area (TPSA) is 38.4 Å². The number of amidine groups is 1. The second-order valence-corrected chi connectivity index (χ2v) is 6.26. The van der Waals surface area contributed by atoms with Crippen LogP contribution in [0.5, 0.6) is 0 Å². The predicted octanol–water partition coefficient (Wildman–Crippen LogP) is 5.58. The number of benzene rings is 2. The molecule has 3 heteroatoms. The van der Waals surface area contributed by atoms with Gasteiger partial charge in [0, 0.05) is 10.0 Å². The van der Waals surface area contributed by atoms with Gasteiger partial charge in [-0.2, -0.15) is 0 Å². The number of aliphatic imine (C=N–C) groups is 1. The van der Waals surface area contributed by atoms with Crippen molar-refractivity contribution in [1.29, 1.82) is 0 Å². The Morgan fingerprint density at radius 3 is 2.48 bits per heavy atom. The van der Waals surface area contributed by atoms with Gasteiger partial charge in [-0.3, -0.25) is 0 Å². The maximum atomic E-state index is 6.22. The summed E-state index contributed by atoms with van der Waals surface area (Å²) in [5, 5.41) is 0. The minimum atomic E-state index is 0.456.